The first-order valence-electron chi connectivity index (χ1n) is 12.8. The van der Waals surface area contributed by atoms with Crippen LogP contribution < -0.4 is 10.6 Å². The quantitative estimate of drug-likeness (QED) is 0.497. The summed E-state index contributed by atoms with van der Waals surface area (Å²) in [5.74, 6) is 0.916. The zero-order chi connectivity index (χ0) is 24.7. The summed E-state index contributed by atoms with van der Waals surface area (Å²) in [5.41, 5.74) is -0.404. The Morgan fingerprint density at radius 3 is 1.94 bits per heavy atom. The zero-order valence-electron chi connectivity index (χ0n) is 23.6. The minimum atomic E-state index is -0.397. The maximum atomic E-state index is 14.1. The van der Waals surface area contributed by atoms with Gasteiger partial charge in [0.2, 0.25) is 5.91 Å². The summed E-state index contributed by atoms with van der Waals surface area (Å²) >= 11 is 0. The van der Waals surface area contributed by atoms with Crippen molar-refractivity contribution in [2.45, 2.75) is 122 Å². The van der Waals surface area contributed by atoms with Gasteiger partial charge in [0, 0.05) is 19.1 Å². The first-order valence-corrected chi connectivity index (χ1v) is 12.8. The summed E-state index contributed by atoms with van der Waals surface area (Å²) in [7, 11) is 0. The van der Waals surface area contributed by atoms with Gasteiger partial charge in [-0.3, -0.25) is 4.79 Å². The maximum absolute atomic E-state index is 14.1. The summed E-state index contributed by atoms with van der Waals surface area (Å²) in [4.78, 5) is 14.1. The smallest absolute Gasteiger partial charge is 0.227 e. The van der Waals surface area contributed by atoms with Crippen LogP contribution in [0.1, 0.15) is 116 Å². The molecule has 2 rings (SSSR count). The Bertz CT molecular complexity index is 627. The second-order valence-electron chi connectivity index (χ2n) is 14.1. The Balaban J connectivity index is 0.00000233. The Morgan fingerprint density at radius 2 is 1.45 bits per heavy atom. The third-order valence-electron chi connectivity index (χ3n) is 9.09. The van der Waals surface area contributed by atoms with Crippen molar-refractivity contribution < 1.29 is 4.79 Å². The van der Waals surface area contributed by atoms with Crippen molar-refractivity contribution in [3.05, 3.63) is 0 Å². The lowest BCUT2D eigenvalue weighted by atomic mass is 9.43. The van der Waals surface area contributed by atoms with E-state index in [9.17, 15) is 4.79 Å². The van der Waals surface area contributed by atoms with Crippen molar-refractivity contribution in [2.75, 3.05) is 13.1 Å². The van der Waals surface area contributed by atoms with E-state index < -0.39 is 5.41 Å². The van der Waals surface area contributed by atoms with Crippen LogP contribution in [-0.4, -0.2) is 25.0 Å². The first-order chi connectivity index (χ1) is 13.8. The van der Waals surface area contributed by atoms with Gasteiger partial charge in [-0.2, -0.15) is 0 Å². The summed E-state index contributed by atoms with van der Waals surface area (Å²) in [6.07, 6.45) is 3.10. The number of carbonyl (C=O) groups excluding carboxylic acids is 1. The van der Waals surface area contributed by atoms with Gasteiger partial charge in [0.1, 0.15) is 0 Å². The number of amides is 1. The van der Waals surface area contributed by atoms with Gasteiger partial charge in [-0.1, -0.05) is 96.9 Å². The average Bonchev–Trinajstić information content (AvgIpc) is 2.94. The van der Waals surface area contributed by atoms with Crippen LogP contribution >= 0.6 is 0 Å². The maximum Gasteiger partial charge on any atom is 0.227 e. The highest BCUT2D eigenvalue weighted by Crippen LogP contribution is 2.66. The summed E-state index contributed by atoms with van der Waals surface area (Å²) in [5, 5.41) is 7.30. The van der Waals surface area contributed by atoms with E-state index in [1.165, 1.54) is 0 Å². The second-order valence-corrected chi connectivity index (χ2v) is 14.1. The minimum absolute atomic E-state index is 0.000882. The fraction of sp³-hybridized carbons (Fsp3) is 0.964. The number of rotatable bonds is 3. The molecule has 2 N–H and O–H groups in total. The normalized spacial score (nSPS) is 31.8. The van der Waals surface area contributed by atoms with Crippen LogP contribution in [-0.2, 0) is 4.79 Å². The standard InChI is InChI=1S/C26H50N2O.C2H6/c1-18(2)13-22(5,6)19-14-26(20(29)28-19)23(7,8)15-21(3,4)16-27-17-24(9,10)25(26,11)12;1-2/h18-19,27H,13-17H2,1-12H3,(H,28,29);1-2H3. The van der Waals surface area contributed by atoms with Gasteiger partial charge >= 0.3 is 0 Å². The molecule has 2 saturated heterocycles. The highest BCUT2D eigenvalue weighted by molar-refractivity contribution is 5.87. The Labute approximate surface area is 195 Å². The predicted molar refractivity (Wildman–Crippen MR) is 136 cm³/mol. The summed E-state index contributed by atoms with van der Waals surface area (Å²) < 4.78 is 0. The zero-order valence-corrected chi connectivity index (χ0v) is 23.6. The van der Waals surface area contributed by atoms with Gasteiger partial charge < -0.3 is 10.6 Å². The molecule has 2 aliphatic heterocycles. The third kappa shape index (κ3) is 5.02. The van der Waals surface area contributed by atoms with Crippen LogP contribution in [0.25, 0.3) is 0 Å². The highest BCUT2D eigenvalue weighted by Gasteiger charge is 2.68. The molecule has 184 valence electrons. The Morgan fingerprint density at radius 1 is 0.935 bits per heavy atom. The first kappa shape index (κ1) is 28.5. The SMILES string of the molecule is CC.CC(C)CC(C)(C)C1CC2(C(=O)N1)C(C)(C)CC(C)(C)CNCC(C)(C)C2(C)C. The number of nitrogens with one attached hydrogen (secondary N) is 2. The summed E-state index contributed by atoms with van der Waals surface area (Å²) in [6, 6.07) is 0.226. The van der Waals surface area contributed by atoms with E-state index in [0.717, 1.165) is 32.4 Å². The molecule has 2 fully saturated rings. The van der Waals surface area contributed by atoms with Gasteiger partial charge in [0.15, 0.2) is 0 Å². The van der Waals surface area contributed by atoms with E-state index >= 15 is 0 Å². The molecule has 0 aromatic carbocycles. The van der Waals surface area contributed by atoms with E-state index in [1.54, 1.807) is 0 Å². The largest absolute Gasteiger partial charge is 0.352 e. The molecule has 3 heteroatoms. The fourth-order valence-electron chi connectivity index (χ4n) is 7.29. The molecule has 0 aromatic heterocycles. The molecule has 1 spiro atoms. The van der Waals surface area contributed by atoms with Gasteiger partial charge in [0.25, 0.3) is 0 Å². The topological polar surface area (TPSA) is 41.1 Å². The number of hydrogen-bond donors (Lipinski definition) is 2. The Kier molecular flexibility index (Phi) is 8.26. The van der Waals surface area contributed by atoms with Crippen molar-refractivity contribution >= 4 is 5.91 Å². The van der Waals surface area contributed by atoms with Crippen molar-refractivity contribution in [2.24, 2.45) is 38.4 Å². The monoisotopic (exact) mass is 436 g/mol. The predicted octanol–water partition coefficient (Wildman–Crippen LogP) is 7.06. The van der Waals surface area contributed by atoms with Gasteiger partial charge in [-0.25, -0.2) is 0 Å². The number of hydrogen-bond acceptors (Lipinski definition) is 2. The molecule has 1 amide bonds. The van der Waals surface area contributed by atoms with E-state index in [1.807, 2.05) is 13.8 Å². The molecule has 0 bridgehead atoms. The van der Waals surface area contributed by atoms with Crippen LogP contribution in [0.3, 0.4) is 0 Å². The average molecular weight is 437 g/mol. The van der Waals surface area contributed by atoms with E-state index in [4.69, 9.17) is 0 Å². The van der Waals surface area contributed by atoms with E-state index in [0.29, 0.717) is 11.8 Å². The van der Waals surface area contributed by atoms with Gasteiger partial charge in [-0.15, -0.1) is 0 Å². The van der Waals surface area contributed by atoms with Crippen LogP contribution in [0.5, 0.6) is 0 Å². The molecule has 3 nitrogen and oxygen atoms in total. The molecule has 2 atom stereocenters. The highest BCUT2D eigenvalue weighted by atomic mass is 16.2. The molecule has 2 aliphatic rings. The van der Waals surface area contributed by atoms with Crippen molar-refractivity contribution in [3.63, 3.8) is 0 Å². The van der Waals surface area contributed by atoms with E-state index in [-0.39, 0.29) is 33.1 Å². The van der Waals surface area contributed by atoms with Crippen molar-refractivity contribution in [3.8, 4) is 0 Å². The van der Waals surface area contributed by atoms with E-state index in [2.05, 4.69) is 93.7 Å². The molecule has 2 heterocycles. The van der Waals surface area contributed by atoms with Gasteiger partial charge in [0.05, 0.1) is 5.41 Å². The molecule has 0 radical (unpaired) electrons. The second kappa shape index (κ2) is 8.99. The molecule has 0 aliphatic carbocycles. The minimum Gasteiger partial charge on any atom is -0.352 e. The van der Waals surface area contributed by atoms with Crippen LogP contribution in [0, 0.1) is 38.4 Å². The lowest BCUT2D eigenvalue weighted by molar-refractivity contribution is -0.161. The third-order valence-corrected chi connectivity index (χ3v) is 9.09. The summed E-state index contributed by atoms with van der Waals surface area (Å²) in [6.45, 7) is 34.1. The fourth-order valence-corrected chi connectivity index (χ4v) is 7.29. The lowest BCUT2D eigenvalue weighted by Crippen LogP contribution is -2.60. The molecular formula is C28H56N2O. The molecular weight excluding hydrogens is 380 g/mol. The van der Waals surface area contributed by atoms with Gasteiger partial charge in [-0.05, 0) is 52.3 Å². The van der Waals surface area contributed by atoms with Crippen LogP contribution in [0.15, 0.2) is 0 Å². The van der Waals surface area contributed by atoms with Crippen molar-refractivity contribution in [1.82, 2.24) is 10.6 Å². The molecule has 2 unspecified atom stereocenters. The van der Waals surface area contributed by atoms with Crippen LogP contribution in [0.2, 0.25) is 0 Å². The molecule has 31 heavy (non-hydrogen) atoms. The number of carbonyl (C=O) groups is 1. The van der Waals surface area contributed by atoms with Crippen LogP contribution in [0.4, 0.5) is 0 Å². The lowest BCUT2D eigenvalue weighted by Gasteiger charge is -2.59. The molecule has 0 saturated carbocycles. The Hall–Kier alpha value is -0.570. The molecule has 0 aromatic rings. The van der Waals surface area contributed by atoms with Crippen molar-refractivity contribution in [1.29, 1.82) is 0 Å².